The number of benzene rings is 4. The maximum Gasteiger partial charge on any atom is 0.326 e. The topological polar surface area (TPSA) is 255 Å². The minimum Gasteiger partial charge on any atom is -0.507 e. The van der Waals surface area contributed by atoms with Gasteiger partial charge >= 0.3 is 5.97 Å². The molecule has 4 bridgehead atoms. The number of likely N-dealkylation sites (N-methyl/N-ethyl adjacent to an activating group) is 2. The Labute approximate surface area is 395 Å². The lowest BCUT2D eigenvalue weighted by atomic mass is 9.94. The van der Waals surface area contributed by atoms with E-state index in [-0.39, 0.29) is 40.2 Å². The summed E-state index contributed by atoms with van der Waals surface area (Å²) in [4.78, 5) is 95.1. The van der Waals surface area contributed by atoms with Gasteiger partial charge in [0.2, 0.25) is 29.5 Å². The molecule has 1 aliphatic rings. The average molecular weight is 935 g/mol. The van der Waals surface area contributed by atoms with Gasteiger partial charge in [0, 0.05) is 37.2 Å². The number of rotatable bonds is 18. The molecule has 5 atom stereocenters. The van der Waals surface area contributed by atoms with Crippen molar-refractivity contribution in [3.63, 3.8) is 0 Å². The number of aryl methyl sites for hydroxylation is 1. The Morgan fingerprint density at radius 3 is 2.00 bits per heavy atom. The number of aromatic hydroxyl groups is 2. The van der Waals surface area contributed by atoms with Crippen LogP contribution in [0.3, 0.4) is 0 Å². The predicted molar refractivity (Wildman–Crippen MR) is 254 cm³/mol. The SMILES string of the molecule is CCCCCCCCc1ccc(-c2ccc(C(=O)N(C)[C@H](CO)C(=O)N[C@H](C)C(=O)NCC(=O)N(C)[C@@H]3C(=O)N[C@@H](C)C(=O)N[C@H](C(=O)O)Cc4ccc(O)c(c4)-c4cc3ccc4O)cc2)cc1. The van der Waals surface area contributed by atoms with Crippen molar-refractivity contribution in [2.45, 2.75) is 102 Å². The van der Waals surface area contributed by atoms with Crippen LogP contribution in [-0.2, 0) is 41.6 Å². The van der Waals surface area contributed by atoms with E-state index in [9.17, 15) is 54.0 Å². The molecular weight excluding hydrogens is 873 g/mol. The summed E-state index contributed by atoms with van der Waals surface area (Å²) in [5, 5.41) is 51.5. The van der Waals surface area contributed by atoms with E-state index in [0.29, 0.717) is 5.56 Å². The molecule has 0 fully saturated rings. The highest BCUT2D eigenvalue weighted by atomic mass is 16.4. The fraction of sp³-hybridized carbons (Fsp3) is 0.392. The summed E-state index contributed by atoms with van der Waals surface area (Å²) in [7, 11) is 2.63. The van der Waals surface area contributed by atoms with Crippen LogP contribution in [0, 0.1) is 0 Å². The number of carboxylic acid groups (broad SMARTS) is 1. The van der Waals surface area contributed by atoms with Crippen molar-refractivity contribution < 1.29 is 54.0 Å². The Morgan fingerprint density at radius 2 is 1.37 bits per heavy atom. The van der Waals surface area contributed by atoms with Crippen molar-refractivity contribution >= 4 is 41.4 Å². The number of carboxylic acids is 1. The van der Waals surface area contributed by atoms with E-state index in [1.165, 1.54) is 102 Å². The van der Waals surface area contributed by atoms with Crippen LogP contribution >= 0.6 is 0 Å². The molecule has 17 heteroatoms. The number of aliphatic hydroxyl groups excluding tert-OH is 1. The molecular formula is C51H62N6O11. The highest BCUT2D eigenvalue weighted by Gasteiger charge is 2.34. The number of nitrogens with one attached hydrogen (secondary N) is 4. The minimum atomic E-state index is -1.49. The number of unbranched alkanes of at least 4 members (excludes halogenated alkanes) is 5. The number of carbonyl (C=O) groups is 7. The monoisotopic (exact) mass is 934 g/mol. The summed E-state index contributed by atoms with van der Waals surface area (Å²) < 4.78 is 0. The van der Waals surface area contributed by atoms with Crippen LogP contribution in [0.2, 0.25) is 0 Å². The van der Waals surface area contributed by atoms with Crippen molar-refractivity contribution in [3.8, 4) is 33.8 Å². The van der Waals surface area contributed by atoms with Gasteiger partial charge in [0.15, 0.2) is 0 Å². The van der Waals surface area contributed by atoms with Crippen molar-refractivity contribution in [1.82, 2.24) is 31.1 Å². The van der Waals surface area contributed by atoms with Gasteiger partial charge < -0.3 is 51.5 Å². The van der Waals surface area contributed by atoms with Crippen LogP contribution in [0.25, 0.3) is 22.3 Å². The summed E-state index contributed by atoms with van der Waals surface area (Å²) in [5.41, 5.74) is 4.12. The molecule has 4 aromatic rings. The zero-order valence-corrected chi connectivity index (χ0v) is 39.1. The number of aliphatic carboxylic acids is 1. The van der Waals surface area contributed by atoms with E-state index in [1.807, 2.05) is 12.1 Å². The van der Waals surface area contributed by atoms with Crippen LogP contribution in [0.4, 0.5) is 0 Å². The molecule has 4 aromatic carbocycles. The molecule has 6 amide bonds. The van der Waals surface area contributed by atoms with Gasteiger partial charge in [0.05, 0.1) is 13.2 Å². The Morgan fingerprint density at radius 1 is 0.765 bits per heavy atom. The lowest BCUT2D eigenvalue weighted by Crippen LogP contribution is -2.55. The molecule has 17 nitrogen and oxygen atoms in total. The molecule has 0 unspecified atom stereocenters. The number of hydrogen-bond acceptors (Lipinski definition) is 10. The third-order valence-corrected chi connectivity index (χ3v) is 12.2. The molecule has 1 aliphatic heterocycles. The van der Waals surface area contributed by atoms with Gasteiger partial charge in [-0.3, -0.25) is 28.8 Å². The summed E-state index contributed by atoms with van der Waals surface area (Å²) in [6.07, 6.45) is 8.24. The van der Waals surface area contributed by atoms with E-state index in [4.69, 9.17) is 0 Å². The summed E-state index contributed by atoms with van der Waals surface area (Å²) in [6, 6.07) is 16.6. The van der Waals surface area contributed by atoms with Gasteiger partial charge in [-0.1, -0.05) is 87.6 Å². The Hall–Kier alpha value is -7.27. The molecule has 8 N–H and O–H groups in total. The fourth-order valence-electron chi connectivity index (χ4n) is 7.97. The number of carbonyl (C=O) groups excluding carboxylic acids is 6. The maximum absolute atomic E-state index is 13.9. The van der Waals surface area contributed by atoms with Crippen molar-refractivity contribution in [2.75, 3.05) is 27.2 Å². The highest BCUT2D eigenvalue weighted by molar-refractivity contribution is 5.99. The Balaban J connectivity index is 1.21. The van der Waals surface area contributed by atoms with E-state index in [2.05, 4.69) is 52.5 Å². The second-order valence-corrected chi connectivity index (χ2v) is 17.2. The molecule has 0 spiro atoms. The van der Waals surface area contributed by atoms with Crippen LogP contribution in [0.15, 0.2) is 84.9 Å². The maximum atomic E-state index is 13.9. The standard InChI is InChI=1S/C51H62N6O11/c1-6-7-8-9-10-11-12-32-13-16-34(17-14-32)35-18-20-36(21-19-35)50(66)56(4)41(29-58)48(64)53-30(2)46(62)52-28-44(61)57(5)45-37-22-24-43(60)39(27-37)38-25-33(15-23-42(38)59)26-40(51(67)68)55-47(63)31(3)54-49(45)65/h13-25,27,30-31,40-41,45,58-60H,6-12,26,28-29H2,1-5H3,(H,52,62)(H,53,64)(H,54,65)(H,55,63)(H,67,68)/t30-,31+,40+,41-,45+/m1/s1. The zero-order valence-electron chi connectivity index (χ0n) is 39.1. The average Bonchev–Trinajstić information content (AvgIpc) is 3.32. The summed E-state index contributed by atoms with van der Waals surface area (Å²) in [5.74, 6) is -6.63. The first kappa shape index (κ1) is 51.7. The van der Waals surface area contributed by atoms with Crippen molar-refractivity contribution in [1.29, 1.82) is 0 Å². The van der Waals surface area contributed by atoms with Gasteiger partial charge in [-0.05, 0) is 90.9 Å². The number of phenolic OH excluding ortho intramolecular Hbond substituents is 2. The van der Waals surface area contributed by atoms with Crippen LogP contribution in [0.5, 0.6) is 11.5 Å². The summed E-state index contributed by atoms with van der Waals surface area (Å²) >= 11 is 0. The molecule has 68 heavy (non-hydrogen) atoms. The largest absolute Gasteiger partial charge is 0.507 e. The number of aliphatic hydroxyl groups is 1. The number of hydrogen-bond donors (Lipinski definition) is 8. The first-order chi connectivity index (χ1) is 32.4. The van der Waals surface area contributed by atoms with Gasteiger partial charge in [0.1, 0.15) is 41.7 Å². The molecule has 0 aromatic heterocycles. The van der Waals surface area contributed by atoms with E-state index >= 15 is 0 Å². The van der Waals surface area contributed by atoms with Gasteiger partial charge in [-0.15, -0.1) is 0 Å². The first-order valence-corrected chi connectivity index (χ1v) is 22.8. The van der Waals surface area contributed by atoms with E-state index in [0.717, 1.165) is 33.8 Å². The number of phenols is 2. The first-order valence-electron chi connectivity index (χ1n) is 22.8. The van der Waals surface area contributed by atoms with Gasteiger partial charge in [-0.25, -0.2) is 4.79 Å². The molecule has 362 valence electrons. The van der Waals surface area contributed by atoms with Gasteiger partial charge in [0.25, 0.3) is 5.91 Å². The minimum absolute atomic E-state index is 0.0564. The van der Waals surface area contributed by atoms with Crippen molar-refractivity contribution in [2.24, 2.45) is 0 Å². The third kappa shape index (κ3) is 13.2. The normalized spacial score (nSPS) is 16.8. The number of nitrogens with zero attached hydrogens (tertiary/aromatic N) is 2. The molecule has 5 rings (SSSR count). The molecule has 0 aliphatic carbocycles. The lowest BCUT2D eigenvalue weighted by Gasteiger charge is -2.30. The van der Waals surface area contributed by atoms with Gasteiger partial charge in [-0.2, -0.15) is 0 Å². The zero-order chi connectivity index (χ0) is 49.7. The molecule has 1 heterocycles. The number of fused-ring (bicyclic) bond motifs is 5. The number of amides is 6. The van der Waals surface area contributed by atoms with Crippen molar-refractivity contribution in [3.05, 3.63) is 107 Å². The lowest BCUT2D eigenvalue weighted by molar-refractivity contribution is -0.143. The second-order valence-electron chi connectivity index (χ2n) is 17.2. The molecule has 0 saturated heterocycles. The third-order valence-electron chi connectivity index (χ3n) is 12.2. The van der Waals surface area contributed by atoms with Crippen LogP contribution in [0.1, 0.15) is 92.4 Å². The summed E-state index contributed by atoms with van der Waals surface area (Å²) in [6.45, 7) is 3.44. The van der Waals surface area contributed by atoms with E-state index < -0.39 is 84.8 Å². The quantitative estimate of drug-likeness (QED) is 0.0656. The highest BCUT2D eigenvalue weighted by Crippen LogP contribution is 2.39. The Kier molecular flexibility index (Phi) is 18.2. The molecule has 0 radical (unpaired) electrons. The fourth-order valence-corrected chi connectivity index (χ4v) is 7.97. The van der Waals surface area contributed by atoms with E-state index in [1.54, 1.807) is 12.1 Å². The Bertz CT molecular complexity index is 2460. The second kappa shape index (κ2) is 24.0. The smallest absolute Gasteiger partial charge is 0.326 e. The van der Waals surface area contributed by atoms with Crippen LogP contribution < -0.4 is 21.3 Å². The van der Waals surface area contributed by atoms with Crippen LogP contribution in [-0.4, -0.2) is 123 Å². The predicted octanol–water partition coefficient (Wildman–Crippen LogP) is 4.22. The molecule has 0 saturated carbocycles.